The van der Waals surface area contributed by atoms with Crippen LogP contribution in [0.3, 0.4) is 0 Å². The molecule has 0 N–H and O–H groups in total. The Morgan fingerprint density at radius 3 is 2.30 bits per heavy atom. The van der Waals surface area contributed by atoms with Crippen molar-refractivity contribution >= 4 is 50.5 Å². The van der Waals surface area contributed by atoms with E-state index in [1.807, 2.05) is 36.6 Å². The average molecular weight is 568 g/mol. The summed E-state index contributed by atoms with van der Waals surface area (Å²) in [5.41, 5.74) is 1.13. The maximum absolute atomic E-state index is 14.1. The summed E-state index contributed by atoms with van der Waals surface area (Å²) in [6, 6.07) is 11.0. The number of esters is 1. The van der Waals surface area contributed by atoms with Crippen LogP contribution < -0.4 is 9.64 Å². The second kappa shape index (κ2) is 13.3. The van der Waals surface area contributed by atoms with E-state index >= 15 is 0 Å². The molecular formula is C28H38ClNO5S2. The predicted molar refractivity (Wildman–Crippen MR) is 152 cm³/mol. The Kier molecular flexibility index (Phi) is 10.6. The van der Waals surface area contributed by atoms with Crippen LogP contribution >= 0.6 is 23.4 Å². The van der Waals surface area contributed by atoms with Gasteiger partial charge >= 0.3 is 5.97 Å². The number of carbonyl (C=O) groups excluding carboxylic acids is 1. The summed E-state index contributed by atoms with van der Waals surface area (Å²) in [6.45, 7) is 6.58. The summed E-state index contributed by atoms with van der Waals surface area (Å²) in [4.78, 5) is 15.1. The SMILES string of the molecule is CCCCC1(CCCC)CN(c2ccc(Cl)cc2)c2cc(SC)c(OCC(=O)OCC)cc2S(=O)(=O)C1. The van der Waals surface area contributed by atoms with E-state index in [0.717, 1.165) is 49.1 Å². The molecule has 0 radical (unpaired) electrons. The number of rotatable bonds is 12. The molecule has 0 amide bonds. The van der Waals surface area contributed by atoms with E-state index < -0.39 is 21.2 Å². The first-order valence-corrected chi connectivity index (χ1v) is 16.2. The molecule has 0 bridgehead atoms. The van der Waals surface area contributed by atoms with Gasteiger partial charge in [-0.1, -0.05) is 51.1 Å². The number of hydrogen-bond donors (Lipinski definition) is 0. The number of thioether (sulfide) groups is 1. The fourth-order valence-corrected chi connectivity index (χ4v) is 7.72. The molecule has 2 aromatic rings. The first-order chi connectivity index (χ1) is 17.7. The normalized spacial score (nSPS) is 16.1. The minimum Gasteiger partial charge on any atom is -0.481 e. The molecule has 1 aliphatic heterocycles. The summed E-state index contributed by atoms with van der Waals surface area (Å²) >= 11 is 7.65. The van der Waals surface area contributed by atoms with Gasteiger partial charge in [-0.15, -0.1) is 11.8 Å². The van der Waals surface area contributed by atoms with E-state index in [1.165, 1.54) is 11.8 Å². The molecule has 2 aromatic carbocycles. The Morgan fingerprint density at radius 1 is 1.08 bits per heavy atom. The van der Waals surface area contributed by atoms with Crippen molar-refractivity contribution in [1.82, 2.24) is 0 Å². The molecule has 0 aliphatic carbocycles. The molecule has 37 heavy (non-hydrogen) atoms. The van der Waals surface area contributed by atoms with Crippen molar-refractivity contribution in [2.75, 3.05) is 36.7 Å². The first-order valence-electron chi connectivity index (χ1n) is 12.9. The van der Waals surface area contributed by atoms with Gasteiger partial charge < -0.3 is 14.4 Å². The van der Waals surface area contributed by atoms with Gasteiger partial charge in [0.05, 0.1) is 27.8 Å². The third-order valence-corrected chi connectivity index (χ3v) is 9.77. The number of halogens is 1. The van der Waals surface area contributed by atoms with Crippen molar-refractivity contribution in [3.8, 4) is 5.75 Å². The van der Waals surface area contributed by atoms with Crippen molar-refractivity contribution < 1.29 is 22.7 Å². The third-order valence-electron chi connectivity index (χ3n) is 6.77. The molecule has 1 heterocycles. The monoisotopic (exact) mass is 567 g/mol. The molecule has 204 valence electrons. The highest BCUT2D eigenvalue weighted by molar-refractivity contribution is 7.98. The van der Waals surface area contributed by atoms with Crippen LogP contribution in [-0.2, 0) is 19.4 Å². The quantitative estimate of drug-likeness (QED) is 0.197. The van der Waals surface area contributed by atoms with Crippen LogP contribution in [0.15, 0.2) is 46.2 Å². The number of fused-ring (bicyclic) bond motifs is 1. The van der Waals surface area contributed by atoms with E-state index in [1.54, 1.807) is 13.0 Å². The highest BCUT2D eigenvalue weighted by atomic mass is 35.5. The topological polar surface area (TPSA) is 72.9 Å². The molecule has 0 saturated heterocycles. The van der Waals surface area contributed by atoms with Crippen molar-refractivity contribution in [2.45, 2.75) is 69.1 Å². The van der Waals surface area contributed by atoms with E-state index in [-0.39, 0.29) is 23.9 Å². The van der Waals surface area contributed by atoms with E-state index in [2.05, 4.69) is 18.7 Å². The number of carbonyl (C=O) groups is 1. The molecule has 0 spiro atoms. The Labute approximate surface area is 231 Å². The van der Waals surface area contributed by atoms with E-state index in [4.69, 9.17) is 21.1 Å². The van der Waals surface area contributed by atoms with Crippen molar-refractivity contribution in [1.29, 1.82) is 0 Å². The van der Waals surface area contributed by atoms with E-state index in [9.17, 15) is 13.2 Å². The zero-order valence-corrected chi connectivity index (χ0v) is 24.6. The number of benzene rings is 2. The molecule has 0 aromatic heterocycles. The lowest BCUT2D eigenvalue weighted by molar-refractivity contribution is -0.145. The van der Waals surface area contributed by atoms with Crippen LogP contribution in [-0.4, -0.2) is 46.2 Å². The van der Waals surface area contributed by atoms with E-state index in [0.29, 0.717) is 23.0 Å². The molecule has 0 saturated carbocycles. The lowest BCUT2D eigenvalue weighted by Crippen LogP contribution is -2.38. The molecule has 0 atom stereocenters. The molecule has 9 heteroatoms. The number of hydrogen-bond acceptors (Lipinski definition) is 7. The average Bonchev–Trinajstić information content (AvgIpc) is 2.97. The van der Waals surface area contributed by atoms with Crippen LogP contribution in [0.2, 0.25) is 5.02 Å². The van der Waals surface area contributed by atoms with Gasteiger partial charge in [0.15, 0.2) is 16.4 Å². The lowest BCUT2D eigenvalue weighted by atomic mass is 9.79. The smallest absolute Gasteiger partial charge is 0.344 e. The number of ether oxygens (including phenoxy) is 2. The van der Waals surface area contributed by atoms with Gasteiger partial charge in [0.1, 0.15) is 5.75 Å². The summed E-state index contributed by atoms with van der Waals surface area (Å²) in [5.74, 6) is -0.0469. The minimum absolute atomic E-state index is 0.0764. The highest BCUT2D eigenvalue weighted by Crippen LogP contribution is 2.47. The van der Waals surface area contributed by atoms with Gasteiger partial charge in [-0.05, 0) is 56.4 Å². The number of anilines is 2. The van der Waals surface area contributed by atoms with Crippen LogP contribution in [0.1, 0.15) is 59.3 Å². The second-order valence-electron chi connectivity index (χ2n) is 9.59. The molecule has 1 aliphatic rings. The lowest BCUT2D eigenvalue weighted by Gasteiger charge is -2.37. The Hall–Kier alpha value is -1.90. The zero-order valence-electron chi connectivity index (χ0n) is 22.2. The Balaban J connectivity index is 2.19. The molecule has 6 nitrogen and oxygen atoms in total. The van der Waals surface area contributed by atoms with Gasteiger partial charge in [0.25, 0.3) is 0 Å². The van der Waals surface area contributed by atoms with Crippen LogP contribution in [0.25, 0.3) is 0 Å². The predicted octanol–water partition coefficient (Wildman–Crippen LogP) is 7.30. The van der Waals surface area contributed by atoms with Crippen LogP contribution in [0.4, 0.5) is 11.4 Å². The summed E-state index contributed by atoms with van der Waals surface area (Å²) < 4.78 is 38.9. The van der Waals surface area contributed by atoms with Crippen molar-refractivity contribution in [3.63, 3.8) is 0 Å². The summed E-state index contributed by atoms with van der Waals surface area (Å²) in [5, 5.41) is 0.627. The van der Waals surface area contributed by atoms with Gasteiger partial charge in [0.2, 0.25) is 0 Å². The largest absolute Gasteiger partial charge is 0.481 e. The van der Waals surface area contributed by atoms with Gasteiger partial charge in [-0.25, -0.2) is 13.2 Å². The summed E-state index contributed by atoms with van der Waals surface area (Å²) in [7, 11) is -3.67. The molecule has 3 rings (SSSR count). The first kappa shape index (κ1) is 29.7. The van der Waals surface area contributed by atoms with Crippen LogP contribution in [0.5, 0.6) is 5.75 Å². The molecular weight excluding hydrogens is 530 g/mol. The maximum atomic E-state index is 14.1. The molecule has 0 unspecified atom stereocenters. The fourth-order valence-electron chi connectivity index (χ4n) is 4.93. The zero-order chi connectivity index (χ0) is 27.1. The van der Waals surface area contributed by atoms with Gasteiger partial charge in [-0.3, -0.25) is 0 Å². The third kappa shape index (κ3) is 7.36. The molecule has 0 fully saturated rings. The van der Waals surface area contributed by atoms with Crippen molar-refractivity contribution in [3.05, 3.63) is 41.4 Å². The summed E-state index contributed by atoms with van der Waals surface area (Å²) in [6.07, 6.45) is 7.52. The second-order valence-corrected chi connectivity index (χ2v) is 12.8. The minimum atomic E-state index is -3.67. The number of nitrogens with zero attached hydrogens (tertiary/aromatic N) is 1. The van der Waals surface area contributed by atoms with Gasteiger partial charge in [0, 0.05) is 28.7 Å². The maximum Gasteiger partial charge on any atom is 0.344 e. The standard InChI is InChI=1S/C28H38ClNO5S2/c1-5-8-14-28(15-9-6-2)19-30(22-12-10-21(29)11-13-22)23-16-25(36-4)24(35-18-27(31)34-7-3)17-26(23)37(32,33)20-28/h10-13,16-17H,5-9,14-15,18-20H2,1-4H3. The van der Waals surface area contributed by atoms with Crippen molar-refractivity contribution in [2.24, 2.45) is 5.41 Å². The van der Waals surface area contributed by atoms with Gasteiger partial charge in [-0.2, -0.15) is 0 Å². The Morgan fingerprint density at radius 2 is 1.73 bits per heavy atom. The fraction of sp³-hybridized carbons (Fsp3) is 0.536. The van der Waals surface area contributed by atoms with Crippen LogP contribution in [0, 0.1) is 5.41 Å². The Bertz CT molecular complexity index is 1160. The number of unbranched alkanes of at least 4 members (excludes halogenated alkanes) is 2. The number of sulfone groups is 1. The highest BCUT2D eigenvalue weighted by Gasteiger charge is 2.42.